The van der Waals surface area contributed by atoms with Crippen LogP contribution in [-0.4, -0.2) is 36.8 Å². The predicted octanol–water partition coefficient (Wildman–Crippen LogP) is 1.89. The number of carbonyl (C=O) groups excluding carboxylic acids is 2. The number of phenolic OH excluding ortho intramolecular Hbond substituents is 1. The minimum Gasteiger partial charge on any atom is -0.508 e. The number of ether oxygens (including phenoxy) is 1. The molecule has 0 saturated carbocycles. The molecule has 0 spiro atoms. The highest BCUT2D eigenvalue weighted by atomic mass is 16.5. The molecule has 0 heterocycles. The number of alkyl carbamates (subject to hydrolysis) is 1. The molecule has 1 rings (SSSR count). The van der Waals surface area contributed by atoms with Gasteiger partial charge in [-0.15, -0.1) is 0 Å². The fourth-order valence-corrected chi connectivity index (χ4v) is 1.91. The number of amides is 2. The topological polar surface area (TPSA) is 111 Å². The number of rotatable bonds is 8. The number of hydrogen-bond acceptors (Lipinski definition) is 5. The summed E-state index contributed by atoms with van der Waals surface area (Å²) in [4.78, 5) is 24.0. The summed E-state index contributed by atoms with van der Waals surface area (Å²) in [5.41, 5.74) is 0.645. The second kappa shape index (κ2) is 10.1. The van der Waals surface area contributed by atoms with Crippen molar-refractivity contribution in [3.8, 4) is 11.8 Å². The van der Waals surface area contributed by atoms with Gasteiger partial charge in [0.05, 0.1) is 25.0 Å². The molecule has 0 aliphatic rings. The zero-order valence-corrected chi connectivity index (χ0v) is 13.9. The van der Waals surface area contributed by atoms with E-state index in [-0.39, 0.29) is 37.1 Å². The second-order valence-electron chi connectivity index (χ2n) is 5.72. The van der Waals surface area contributed by atoms with E-state index in [2.05, 4.69) is 10.6 Å². The van der Waals surface area contributed by atoms with Crippen molar-refractivity contribution in [3.05, 3.63) is 29.8 Å². The summed E-state index contributed by atoms with van der Waals surface area (Å²) in [6, 6.07) is 8.13. The molecule has 0 bridgehead atoms. The summed E-state index contributed by atoms with van der Waals surface area (Å²) in [7, 11) is 0. The van der Waals surface area contributed by atoms with Crippen LogP contribution < -0.4 is 10.6 Å². The Labute approximate surface area is 141 Å². The zero-order valence-electron chi connectivity index (χ0n) is 13.9. The predicted molar refractivity (Wildman–Crippen MR) is 88.3 cm³/mol. The first-order valence-corrected chi connectivity index (χ1v) is 7.78. The summed E-state index contributed by atoms with van der Waals surface area (Å²) in [5, 5.41) is 23.1. The van der Waals surface area contributed by atoms with E-state index in [4.69, 9.17) is 10.00 Å². The van der Waals surface area contributed by atoms with Crippen LogP contribution in [0.1, 0.15) is 31.7 Å². The van der Waals surface area contributed by atoms with Gasteiger partial charge in [-0.25, -0.2) is 4.79 Å². The summed E-state index contributed by atoms with van der Waals surface area (Å²) >= 11 is 0. The lowest BCUT2D eigenvalue weighted by atomic mass is 9.98. The first-order valence-electron chi connectivity index (χ1n) is 7.78. The minimum absolute atomic E-state index is 0.0556. The van der Waals surface area contributed by atoms with Gasteiger partial charge in [0.15, 0.2) is 0 Å². The molecule has 7 nitrogen and oxygen atoms in total. The number of benzene rings is 1. The standard InChI is InChI=1S/C17H23N3O4/c1-12(2)11-24-17(23)20-10-15(16(22)19-9-3-8-18)13-4-6-14(21)7-5-13/h4-7,12,15,21H,3,9-11H2,1-2H3,(H,19,22)(H,20,23). The highest BCUT2D eigenvalue weighted by molar-refractivity contribution is 5.84. The Bertz CT molecular complexity index is 578. The van der Waals surface area contributed by atoms with E-state index in [1.54, 1.807) is 12.1 Å². The molecule has 0 aromatic heterocycles. The highest BCUT2D eigenvalue weighted by Gasteiger charge is 2.21. The van der Waals surface area contributed by atoms with Gasteiger partial charge in [0.1, 0.15) is 5.75 Å². The molecular formula is C17H23N3O4. The Hall–Kier alpha value is -2.75. The summed E-state index contributed by atoms with van der Waals surface area (Å²) in [5.74, 6) is -0.638. The zero-order chi connectivity index (χ0) is 17.9. The number of carbonyl (C=O) groups is 2. The minimum atomic E-state index is -0.643. The van der Waals surface area contributed by atoms with Crippen LogP contribution in [-0.2, 0) is 9.53 Å². The molecule has 3 N–H and O–H groups in total. The van der Waals surface area contributed by atoms with Crippen molar-refractivity contribution >= 4 is 12.0 Å². The Morgan fingerprint density at radius 3 is 2.50 bits per heavy atom. The van der Waals surface area contributed by atoms with Gasteiger partial charge in [0.25, 0.3) is 0 Å². The molecular weight excluding hydrogens is 310 g/mol. The average Bonchev–Trinajstić information content (AvgIpc) is 2.55. The second-order valence-corrected chi connectivity index (χ2v) is 5.72. The molecule has 1 aromatic carbocycles. The van der Waals surface area contributed by atoms with Gasteiger partial charge in [-0.2, -0.15) is 5.26 Å². The fraction of sp³-hybridized carbons (Fsp3) is 0.471. The number of phenols is 1. The molecule has 0 saturated heterocycles. The van der Waals surface area contributed by atoms with Crippen LogP contribution in [0.2, 0.25) is 0 Å². The Morgan fingerprint density at radius 1 is 1.25 bits per heavy atom. The maximum Gasteiger partial charge on any atom is 0.407 e. The SMILES string of the molecule is CC(C)COC(=O)NCC(C(=O)NCCC#N)c1ccc(O)cc1. The molecule has 24 heavy (non-hydrogen) atoms. The summed E-state index contributed by atoms with van der Waals surface area (Å²) < 4.78 is 5.02. The molecule has 0 radical (unpaired) electrons. The van der Waals surface area contributed by atoms with Crippen molar-refractivity contribution in [1.29, 1.82) is 5.26 Å². The lowest BCUT2D eigenvalue weighted by Crippen LogP contribution is -2.38. The number of nitriles is 1. The fourth-order valence-electron chi connectivity index (χ4n) is 1.91. The molecule has 7 heteroatoms. The first kappa shape index (κ1) is 19.3. The number of nitrogens with zero attached hydrogens (tertiary/aromatic N) is 1. The quantitative estimate of drug-likeness (QED) is 0.629. The van der Waals surface area contributed by atoms with Crippen molar-refractivity contribution in [2.45, 2.75) is 26.2 Å². The lowest BCUT2D eigenvalue weighted by molar-refractivity contribution is -0.122. The Morgan fingerprint density at radius 2 is 1.92 bits per heavy atom. The third-order valence-electron chi connectivity index (χ3n) is 3.15. The van der Waals surface area contributed by atoms with Gasteiger partial charge in [-0.3, -0.25) is 4.79 Å². The van der Waals surface area contributed by atoms with Crippen LogP contribution in [0.5, 0.6) is 5.75 Å². The third kappa shape index (κ3) is 7.01. The Balaban J connectivity index is 2.70. The highest BCUT2D eigenvalue weighted by Crippen LogP contribution is 2.19. The molecule has 1 aromatic rings. The van der Waals surface area contributed by atoms with E-state index < -0.39 is 12.0 Å². The molecule has 1 atom stereocenters. The monoisotopic (exact) mass is 333 g/mol. The van der Waals surface area contributed by atoms with Crippen molar-refractivity contribution in [2.24, 2.45) is 5.92 Å². The number of aromatic hydroxyl groups is 1. The average molecular weight is 333 g/mol. The van der Waals surface area contributed by atoms with E-state index in [9.17, 15) is 14.7 Å². The summed E-state index contributed by atoms with van der Waals surface area (Å²) in [6.07, 6.45) is -0.380. The van der Waals surface area contributed by atoms with Crippen LogP contribution in [0.4, 0.5) is 4.79 Å². The van der Waals surface area contributed by atoms with Crippen molar-refractivity contribution in [1.82, 2.24) is 10.6 Å². The van der Waals surface area contributed by atoms with E-state index in [0.717, 1.165) is 0 Å². The maximum absolute atomic E-state index is 12.3. The Kier molecular flexibility index (Phi) is 8.13. The van der Waals surface area contributed by atoms with Crippen LogP contribution >= 0.6 is 0 Å². The van der Waals surface area contributed by atoms with Crippen molar-refractivity contribution in [3.63, 3.8) is 0 Å². The van der Waals surface area contributed by atoms with Crippen LogP contribution in [0.25, 0.3) is 0 Å². The van der Waals surface area contributed by atoms with Crippen molar-refractivity contribution < 1.29 is 19.4 Å². The molecule has 1 unspecified atom stereocenters. The molecule has 0 aliphatic carbocycles. The van der Waals surface area contributed by atoms with Gasteiger partial charge in [-0.05, 0) is 23.6 Å². The van der Waals surface area contributed by atoms with E-state index >= 15 is 0 Å². The summed E-state index contributed by atoms with van der Waals surface area (Å²) in [6.45, 7) is 4.44. The van der Waals surface area contributed by atoms with Gasteiger partial charge in [0.2, 0.25) is 5.91 Å². The maximum atomic E-state index is 12.3. The van der Waals surface area contributed by atoms with E-state index in [1.807, 2.05) is 19.9 Å². The lowest BCUT2D eigenvalue weighted by Gasteiger charge is -2.18. The van der Waals surface area contributed by atoms with E-state index in [1.165, 1.54) is 12.1 Å². The van der Waals surface area contributed by atoms with E-state index in [0.29, 0.717) is 12.2 Å². The van der Waals surface area contributed by atoms with Gasteiger partial charge >= 0.3 is 6.09 Å². The van der Waals surface area contributed by atoms with Crippen LogP contribution in [0, 0.1) is 17.2 Å². The molecule has 2 amide bonds. The van der Waals surface area contributed by atoms with Gasteiger partial charge < -0.3 is 20.5 Å². The molecule has 0 fully saturated rings. The molecule has 130 valence electrons. The van der Waals surface area contributed by atoms with Gasteiger partial charge in [0, 0.05) is 13.1 Å². The molecule has 0 aliphatic heterocycles. The normalized spacial score (nSPS) is 11.4. The van der Waals surface area contributed by atoms with Gasteiger partial charge in [-0.1, -0.05) is 26.0 Å². The number of nitrogens with one attached hydrogen (secondary N) is 2. The van der Waals surface area contributed by atoms with Crippen LogP contribution in [0.15, 0.2) is 24.3 Å². The van der Waals surface area contributed by atoms with Crippen LogP contribution in [0.3, 0.4) is 0 Å². The number of hydrogen-bond donors (Lipinski definition) is 3. The van der Waals surface area contributed by atoms with Crippen molar-refractivity contribution in [2.75, 3.05) is 19.7 Å². The smallest absolute Gasteiger partial charge is 0.407 e. The first-order chi connectivity index (χ1) is 11.4. The largest absolute Gasteiger partial charge is 0.508 e. The third-order valence-corrected chi connectivity index (χ3v) is 3.15.